The van der Waals surface area contributed by atoms with Crippen molar-refractivity contribution in [2.75, 3.05) is 25.1 Å². The molecule has 1 aromatic rings. The van der Waals surface area contributed by atoms with Crippen molar-refractivity contribution in [1.29, 1.82) is 0 Å². The van der Waals surface area contributed by atoms with Gasteiger partial charge in [0.1, 0.15) is 5.82 Å². The second-order valence-electron chi connectivity index (χ2n) is 3.14. The van der Waals surface area contributed by atoms with E-state index in [0.717, 1.165) is 18.8 Å². The highest BCUT2D eigenvalue weighted by molar-refractivity contribution is 5.44. The van der Waals surface area contributed by atoms with E-state index in [9.17, 15) is 4.39 Å². The first-order valence-corrected chi connectivity index (χ1v) is 4.93. The second-order valence-corrected chi connectivity index (χ2v) is 3.14. The van der Waals surface area contributed by atoms with Gasteiger partial charge in [0.05, 0.1) is 5.69 Å². The summed E-state index contributed by atoms with van der Waals surface area (Å²) in [5.74, 6) is -0.193. The molecule has 0 radical (unpaired) electrons. The summed E-state index contributed by atoms with van der Waals surface area (Å²) >= 11 is 0. The van der Waals surface area contributed by atoms with Crippen molar-refractivity contribution in [2.45, 2.75) is 13.8 Å². The van der Waals surface area contributed by atoms with Gasteiger partial charge in [-0.3, -0.25) is 0 Å². The summed E-state index contributed by atoms with van der Waals surface area (Å²) < 4.78 is 12.7. The molecular weight excluding hydrogens is 179 g/mol. The summed E-state index contributed by atoms with van der Waals surface area (Å²) in [5, 5.41) is 4.21. The van der Waals surface area contributed by atoms with Crippen LogP contribution < -0.4 is 5.01 Å². The molecule has 14 heavy (non-hydrogen) atoms. The van der Waals surface area contributed by atoms with Crippen molar-refractivity contribution in [3.05, 3.63) is 30.1 Å². The Morgan fingerprint density at radius 3 is 2.00 bits per heavy atom. The molecule has 1 aromatic carbocycles. The van der Waals surface area contributed by atoms with Gasteiger partial charge in [-0.2, -0.15) is 0 Å². The lowest BCUT2D eigenvalue weighted by Crippen LogP contribution is -2.39. The average molecular weight is 196 g/mol. The van der Waals surface area contributed by atoms with Gasteiger partial charge in [-0.05, 0) is 24.3 Å². The Morgan fingerprint density at radius 1 is 1.07 bits per heavy atom. The molecule has 0 spiro atoms. The van der Waals surface area contributed by atoms with Crippen molar-refractivity contribution >= 4 is 5.69 Å². The molecular formula is C11H17FN2. The summed E-state index contributed by atoms with van der Waals surface area (Å²) in [6.45, 7) is 6.10. The Labute approximate surface area is 84.9 Å². The minimum absolute atomic E-state index is 0.193. The van der Waals surface area contributed by atoms with Crippen LogP contribution in [-0.4, -0.2) is 25.1 Å². The Hall–Kier alpha value is -1.09. The highest BCUT2D eigenvalue weighted by atomic mass is 19.1. The van der Waals surface area contributed by atoms with Crippen LogP contribution in [0.25, 0.3) is 0 Å². The van der Waals surface area contributed by atoms with Crippen LogP contribution in [0.4, 0.5) is 10.1 Å². The van der Waals surface area contributed by atoms with Crippen LogP contribution in [0.15, 0.2) is 24.3 Å². The predicted molar refractivity (Wildman–Crippen MR) is 57.7 cm³/mol. The van der Waals surface area contributed by atoms with E-state index in [4.69, 9.17) is 0 Å². The number of hydrogen-bond donors (Lipinski definition) is 0. The number of rotatable bonds is 4. The normalized spacial score (nSPS) is 10.6. The highest BCUT2D eigenvalue weighted by Crippen LogP contribution is 2.14. The zero-order valence-electron chi connectivity index (χ0n) is 9.00. The van der Waals surface area contributed by atoms with E-state index in [1.807, 2.05) is 12.1 Å². The summed E-state index contributed by atoms with van der Waals surface area (Å²) in [5.41, 5.74) is 1.01. The van der Waals surface area contributed by atoms with Crippen molar-refractivity contribution in [3.63, 3.8) is 0 Å². The molecule has 78 valence electrons. The molecule has 0 amide bonds. The van der Waals surface area contributed by atoms with Crippen LogP contribution in [-0.2, 0) is 0 Å². The Kier molecular flexibility index (Phi) is 3.89. The van der Waals surface area contributed by atoms with E-state index in [1.165, 1.54) is 12.1 Å². The maximum absolute atomic E-state index is 12.7. The van der Waals surface area contributed by atoms with Crippen LogP contribution in [0.1, 0.15) is 13.8 Å². The van der Waals surface area contributed by atoms with Crippen molar-refractivity contribution < 1.29 is 4.39 Å². The molecule has 0 aliphatic rings. The molecule has 1 rings (SSSR count). The topological polar surface area (TPSA) is 6.48 Å². The van der Waals surface area contributed by atoms with Gasteiger partial charge < -0.3 is 5.01 Å². The monoisotopic (exact) mass is 196 g/mol. The van der Waals surface area contributed by atoms with E-state index in [0.29, 0.717) is 0 Å². The first-order chi connectivity index (χ1) is 6.69. The lowest BCUT2D eigenvalue weighted by atomic mass is 10.3. The number of nitrogens with zero attached hydrogens (tertiary/aromatic N) is 2. The van der Waals surface area contributed by atoms with Gasteiger partial charge in [0.15, 0.2) is 0 Å². The molecule has 0 aromatic heterocycles. The summed E-state index contributed by atoms with van der Waals surface area (Å²) in [6, 6.07) is 6.53. The van der Waals surface area contributed by atoms with Crippen LogP contribution in [0.3, 0.4) is 0 Å². The van der Waals surface area contributed by atoms with Gasteiger partial charge in [0, 0.05) is 20.1 Å². The third-order valence-electron chi connectivity index (χ3n) is 2.35. The fourth-order valence-corrected chi connectivity index (χ4v) is 1.47. The number of halogens is 1. The number of hydrogen-bond acceptors (Lipinski definition) is 2. The van der Waals surface area contributed by atoms with Gasteiger partial charge in [0.25, 0.3) is 0 Å². The molecule has 2 nitrogen and oxygen atoms in total. The van der Waals surface area contributed by atoms with Gasteiger partial charge >= 0.3 is 0 Å². The van der Waals surface area contributed by atoms with E-state index < -0.39 is 0 Å². The van der Waals surface area contributed by atoms with E-state index in [1.54, 1.807) is 12.1 Å². The number of benzene rings is 1. The molecule has 0 fully saturated rings. The van der Waals surface area contributed by atoms with Crippen LogP contribution in [0.5, 0.6) is 0 Å². The van der Waals surface area contributed by atoms with E-state index in [-0.39, 0.29) is 5.82 Å². The molecule has 0 atom stereocenters. The maximum Gasteiger partial charge on any atom is 0.123 e. The minimum Gasteiger partial charge on any atom is -0.309 e. The molecule has 0 saturated carbocycles. The lowest BCUT2D eigenvalue weighted by molar-refractivity contribution is 0.294. The molecule has 0 saturated heterocycles. The Bertz CT molecular complexity index is 267. The smallest absolute Gasteiger partial charge is 0.123 e. The fourth-order valence-electron chi connectivity index (χ4n) is 1.47. The largest absolute Gasteiger partial charge is 0.309 e. The fraction of sp³-hybridized carbons (Fsp3) is 0.455. The van der Waals surface area contributed by atoms with Gasteiger partial charge in [-0.15, -0.1) is 0 Å². The van der Waals surface area contributed by atoms with Crippen LogP contribution >= 0.6 is 0 Å². The van der Waals surface area contributed by atoms with Gasteiger partial charge in [0.2, 0.25) is 0 Å². The maximum atomic E-state index is 12.7. The Balaban J connectivity index is 2.77. The quantitative estimate of drug-likeness (QED) is 0.683. The average Bonchev–Trinajstić information content (AvgIpc) is 2.20. The van der Waals surface area contributed by atoms with Gasteiger partial charge in [-0.1, -0.05) is 13.8 Å². The van der Waals surface area contributed by atoms with Crippen LogP contribution in [0.2, 0.25) is 0 Å². The molecule has 0 unspecified atom stereocenters. The van der Waals surface area contributed by atoms with E-state index >= 15 is 0 Å². The first-order valence-electron chi connectivity index (χ1n) is 4.93. The summed E-state index contributed by atoms with van der Waals surface area (Å²) in [7, 11) is 1.99. The predicted octanol–water partition coefficient (Wildman–Crippen LogP) is 2.52. The lowest BCUT2D eigenvalue weighted by Gasteiger charge is -2.31. The zero-order chi connectivity index (χ0) is 10.6. The summed E-state index contributed by atoms with van der Waals surface area (Å²) in [6.07, 6.45) is 0. The molecule has 0 aliphatic carbocycles. The molecule has 0 aliphatic heterocycles. The van der Waals surface area contributed by atoms with Crippen LogP contribution in [0, 0.1) is 5.82 Å². The highest BCUT2D eigenvalue weighted by Gasteiger charge is 2.07. The number of hydrazine groups is 1. The van der Waals surface area contributed by atoms with E-state index in [2.05, 4.69) is 18.9 Å². The third kappa shape index (κ3) is 2.45. The zero-order valence-corrected chi connectivity index (χ0v) is 9.00. The molecule has 0 N–H and O–H groups in total. The second kappa shape index (κ2) is 4.96. The molecule has 0 heterocycles. The molecule has 0 bridgehead atoms. The summed E-state index contributed by atoms with van der Waals surface area (Å²) in [4.78, 5) is 0. The van der Waals surface area contributed by atoms with Gasteiger partial charge in [-0.25, -0.2) is 9.40 Å². The first kappa shape index (κ1) is 11.0. The molecule has 3 heteroatoms. The van der Waals surface area contributed by atoms with Crippen molar-refractivity contribution in [1.82, 2.24) is 5.01 Å². The third-order valence-corrected chi connectivity index (χ3v) is 2.35. The number of anilines is 1. The Morgan fingerprint density at radius 2 is 1.57 bits per heavy atom. The van der Waals surface area contributed by atoms with Crippen molar-refractivity contribution in [2.24, 2.45) is 0 Å². The SMILES string of the molecule is CCN(CC)N(C)c1ccc(F)cc1. The van der Waals surface area contributed by atoms with Crippen molar-refractivity contribution in [3.8, 4) is 0 Å². The standard InChI is InChI=1S/C11H17FN2/c1-4-14(5-2)13(3)11-8-6-10(12)7-9-11/h6-9H,4-5H2,1-3H3. The minimum atomic E-state index is -0.193.